The fraction of sp³-hybridized carbons (Fsp3) is 0.895. The average molecular weight is 343 g/mol. The standard InChI is InChI=1S/C19H38N2O3/c1-13(2)11-20-19(24)17(14(3)4)21-18(23)16(6)10-8-7-9-15(5)12-22/h13-17,22H,7-12H2,1-6H3,(H,20,24)(H,21,23). The summed E-state index contributed by atoms with van der Waals surface area (Å²) < 4.78 is 0. The molecular formula is C19H38N2O3. The molecule has 0 radical (unpaired) electrons. The van der Waals surface area contributed by atoms with Gasteiger partial charge in [0, 0.05) is 19.1 Å². The monoisotopic (exact) mass is 342 g/mol. The summed E-state index contributed by atoms with van der Waals surface area (Å²) in [5, 5.41) is 14.8. The van der Waals surface area contributed by atoms with E-state index in [1.54, 1.807) is 0 Å². The fourth-order valence-corrected chi connectivity index (χ4v) is 2.41. The SMILES string of the molecule is CC(C)CNC(=O)C(NC(=O)C(C)CCCCC(C)CO)C(C)C. The minimum absolute atomic E-state index is 0.0522. The molecule has 0 aromatic rings. The van der Waals surface area contributed by atoms with Crippen molar-refractivity contribution in [1.82, 2.24) is 10.6 Å². The van der Waals surface area contributed by atoms with Crippen molar-refractivity contribution >= 4 is 11.8 Å². The highest BCUT2D eigenvalue weighted by Gasteiger charge is 2.25. The molecule has 2 amide bonds. The van der Waals surface area contributed by atoms with Crippen LogP contribution in [0.1, 0.15) is 67.2 Å². The molecule has 5 heteroatoms. The number of carbonyl (C=O) groups is 2. The summed E-state index contributed by atoms with van der Waals surface area (Å²) >= 11 is 0. The lowest BCUT2D eigenvalue weighted by Gasteiger charge is -2.24. The van der Waals surface area contributed by atoms with Gasteiger partial charge in [0.15, 0.2) is 0 Å². The van der Waals surface area contributed by atoms with Crippen molar-refractivity contribution in [2.75, 3.05) is 13.2 Å². The molecule has 0 bridgehead atoms. The van der Waals surface area contributed by atoms with Gasteiger partial charge in [0.2, 0.25) is 11.8 Å². The number of carbonyl (C=O) groups excluding carboxylic acids is 2. The first-order valence-corrected chi connectivity index (χ1v) is 9.37. The summed E-state index contributed by atoms with van der Waals surface area (Å²) in [6.45, 7) is 12.8. The van der Waals surface area contributed by atoms with Crippen LogP contribution in [0.25, 0.3) is 0 Å². The first-order chi connectivity index (χ1) is 11.2. The Hall–Kier alpha value is -1.10. The van der Waals surface area contributed by atoms with Crippen molar-refractivity contribution in [3.8, 4) is 0 Å². The lowest BCUT2D eigenvalue weighted by atomic mass is 9.97. The van der Waals surface area contributed by atoms with Crippen LogP contribution in [0.4, 0.5) is 0 Å². The van der Waals surface area contributed by atoms with Crippen LogP contribution in [-0.2, 0) is 9.59 Å². The van der Waals surface area contributed by atoms with E-state index in [0.717, 1.165) is 25.7 Å². The third kappa shape index (κ3) is 9.91. The maximum Gasteiger partial charge on any atom is 0.242 e. The molecule has 0 aliphatic carbocycles. The summed E-state index contributed by atoms with van der Waals surface area (Å²) in [6.07, 6.45) is 3.77. The Kier molecular flexibility index (Phi) is 11.7. The molecular weight excluding hydrogens is 304 g/mol. The molecule has 0 aliphatic rings. The summed E-state index contributed by atoms with van der Waals surface area (Å²) in [5.41, 5.74) is 0. The molecule has 0 aliphatic heterocycles. The molecule has 24 heavy (non-hydrogen) atoms. The van der Waals surface area contributed by atoms with Gasteiger partial charge in [-0.15, -0.1) is 0 Å². The second-order valence-electron chi connectivity index (χ2n) is 7.84. The predicted molar refractivity (Wildman–Crippen MR) is 98.5 cm³/mol. The number of rotatable bonds is 12. The normalized spacial score (nSPS) is 15.2. The predicted octanol–water partition coefficient (Wildman–Crippen LogP) is 2.72. The molecule has 0 aromatic carbocycles. The van der Waals surface area contributed by atoms with E-state index in [9.17, 15) is 9.59 Å². The summed E-state index contributed by atoms with van der Waals surface area (Å²) in [4.78, 5) is 24.6. The minimum Gasteiger partial charge on any atom is -0.396 e. The largest absolute Gasteiger partial charge is 0.396 e. The Balaban J connectivity index is 4.32. The second-order valence-corrected chi connectivity index (χ2v) is 7.84. The van der Waals surface area contributed by atoms with Gasteiger partial charge in [0.05, 0.1) is 0 Å². The number of nitrogens with one attached hydrogen (secondary N) is 2. The van der Waals surface area contributed by atoms with E-state index in [-0.39, 0.29) is 30.3 Å². The quantitative estimate of drug-likeness (QED) is 0.477. The number of unbranched alkanes of at least 4 members (excludes halogenated alkanes) is 1. The molecule has 3 unspecified atom stereocenters. The minimum atomic E-state index is -0.479. The van der Waals surface area contributed by atoms with Crippen molar-refractivity contribution in [1.29, 1.82) is 0 Å². The van der Waals surface area contributed by atoms with Crippen LogP contribution in [0.2, 0.25) is 0 Å². The van der Waals surface area contributed by atoms with E-state index in [2.05, 4.69) is 10.6 Å². The van der Waals surface area contributed by atoms with Crippen molar-refractivity contribution in [3.05, 3.63) is 0 Å². The molecule has 0 heterocycles. The topological polar surface area (TPSA) is 78.4 Å². The van der Waals surface area contributed by atoms with Crippen LogP contribution in [0.5, 0.6) is 0 Å². The second kappa shape index (κ2) is 12.3. The first-order valence-electron chi connectivity index (χ1n) is 9.37. The molecule has 3 atom stereocenters. The Morgan fingerprint density at radius 2 is 1.50 bits per heavy atom. The molecule has 0 saturated carbocycles. The number of aliphatic hydroxyl groups excluding tert-OH is 1. The van der Waals surface area contributed by atoms with Crippen LogP contribution >= 0.6 is 0 Å². The number of aliphatic hydroxyl groups is 1. The molecule has 0 rings (SSSR count). The highest BCUT2D eigenvalue weighted by atomic mass is 16.3. The van der Waals surface area contributed by atoms with Crippen LogP contribution in [0, 0.1) is 23.7 Å². The fourth-order valence-electron chi connectivity index (χ4n) is 2.41. The first kappa shape index (κ1) is 22.9. The van der Waals surface area contributed by atoms with Gasteiger partial charge in [-0.1, -0.05) is 54.4 Å². The molecule has 5 nitrogen and oxygen atoms in total. The van der Waals surface area contributed by atoms with Crippen molar-refractivity contribution < 1.29 is 14.7 Å². The maximum absolute atomic E-state index is 12.4. The molecule has 0 aromatic heterocycles. The molecule has 142 valence electrons. The van der Waals surface area contributed by atoms with Gasteiger partial charge in [-0.2, -0.15) is 0 Å². The third-order valence-electron chi connectivity index (χ3n) is 4.27. The lowest BCUT2D eigenvalue weighted by Crippen LogP contribution is -2.51. The van der Waals surface area contributed by atoms with E-state index in [4.69, 9.17) is 5.11 Å². The van der Waals surface area contributed by atoms with E-state index in [1.165, 1.54) is 0 Å². The van der Waals surface area contributed by atoms with Gasteiger partial charge in [-0.25, -0.2) is 0 Å². The zero-order chi connectivity index (χ0) is 18.7. The van der Waals surface area contributed by atoms with E-state index in [0.29, 0.717) is 18.4 Å². The third-order valence-corrected chi connectivity index (χ3v) is 4.27. The van der Waals surface area contributed by atoms with Gasteiger partial charge in [-0.3, -0.25) is 9.59 Å². The number of hydrogen-bond donors (Lipinski definition) is 3. The van der Waals surface area contributed by atoms with Gasteiger partial charge < -0.3 is 15.7 Å². The van der Waals surface area contributed by atoms with Crippen LogP contribution in [0.3, 0.4) is 0 Å². The smallest absolute Gasteiger partial charge is 0.242 e. The van der Waals surface area contributed by atoms with Crippen LogP contribution < -0.4 is 10.6 Å². The molecule has 0 saturated heterocycles. The van der Waals surface area contributed by atoms with Gasteiger partial charge >= 0.3 is 0 Å². The number of amides is 2. The van der Waals surface area contributed by atoms with E-state index < -0.39 is 6.04 Å². The maximum atomic E-state index is 12.4. The Bertz CT molecular complexity index is 370. The summed E-state index contributed by atoms with van der Waals surface area (Å²) in [7, 11) is 0. The lowest BCUT2D eigenvalue weighted by molar-refractivity contribution is -0.132. The van der Waals surface area contributed by atoms with Gasteiger partial charge in [0.1, 0.15) is 6.04 Å². The van der Waals surface area contributed by atoms with Crippen LogP contribution in [0.15, 0.2) is 0 Å². The Morgan fingerprint density at radius 1 is 0.917 bits per heavy atom. The highest BCUT2D eigenvalue weighted by molar-refractivity contribution is 5.88. The van der Waals surface area contributed by atoms with E-state index in [1.807, 2.05) is 41.5 Å². The highest BCUT2D eigenvalue weighted by Crippen LogP contribution is 2.14. The van der Waals surface area contributed by atoms with E-state index >= 15 is 0 Å². The zero-order valence-corrected chi connectivity index (χ0v) is 16.4. The van der Waals surface area contributed by atoms with Gasteiger partial charge in [-0.05, 0) is 30.6 Å². The van der Waals surface area contributed by atoms with Crippen molar-refractivity contribution in [2.24, 2.45) is 23.7 Å². The zero-order valence-electron chi connectivity index (χ0n) is 16.4. The van der Waals surface area contributed by atoms with Crippen molar-refractivity contribution in [2.45, 2.75) is 73.3 Å². The molecule has 3 N–H and O–H groups in total. The number of hydrogen-bond acceptors (Lipinski definition) is 3. The Labute approximate surface area is 148 Å². The Morgan fingerprint density at radius 3 is 2.00 bits per heavy atom. The summed E-state index contributed by atoms with van der Waals surface area (Å²) in [5.74, 6) is 0.508. The van der Waals surface area contributed by atoms with Gasteiger partial charge in [0.25, 0.3) is 0 Å². The van der Waals surface area contributed by atoms with Crippen molar-refractivity contribution in [3.63, 3.8) is 0 Å². The summed E-state index contributed by atoms with van der Waals surface area (Å²) in [6, 6.07) is -0.479. The molecule has 0 fully saturated rings. The molecule has 0 spiro atoms. The average Bonchev–Trinajstić information content (AvgIpc) is 2.52. The van der Waals surface area contributed by atoms with Crippen LogP contribution in [-0.4, -0.2) is 36.1 Å².